The van der Waals surface area contributed by atoms with Gasteiger partial charge in [0.1, 0.15) is 12.4 Å². The molecule has 0 saturated heterocycles. The number of imide groups is 1. The summed E-state index contributed by atoms with van der Waals surface area (Å²) in [6, 6.07) is 8.59. The maximum absolute atomic E-state index is 12.1. The summed E-state index contributed by atoms with van der Waals surface area (Å²) in [4.78, 5) is 29.4. The number of carbonyl (C=O) groups excluding carboxylic acids is 2. The molecule has 0 bridgehead atoms. The molecule has 3 rings (SSSR count). The molecule has 0 N–H and O–H groups in total. The summed E-state index contributed by atoms with van der Waals surface area (Å²) in [5.41, 5.74) is 0.901. The highest BCUT2D eigenvalue weighted by Gasteiger charge is 2.34. The number of amides is 2. The molecule has 2 amide bonds. The zero-order chi connectivity index (χ0) is 14.8. The van der Waals surface area contributed by atoms with Crippen LogP contribution in [0.4, 0.5) is 0 Å². The van der Waals surface area contributed by atoms with Gasteiger partial charge >= 0.3 is 0 Å². The lowest BCUT2D eigenvalue weighted by Crippen LogP contribution is -2.33. The third-order valence-corrected chi connectivity index (χ3v) is 3.58. The molecule has 0 fully saturated rings. The van der Waals surface area contributed by atoms with Gasteiger partial charge in [-0.1, -0.05) is 12.1 Å². The van der Waals surface area contributed by atoms with Gasteiger partial charge in [0.2, 0.25) is 0 Å². The van der Waals surface area contributed by atoms with Crippen molar-refractivity contribution in [3.63, 3.8) is 0 Å². The summed E-state index contributed by atoms with van der Waals surface area (Å²) >= 11 is 3.30. The first kappa shape index (κ1) is 13.8. The fraction of sp³-hybridized carbons (Fsp3) is 0.133. The second-order valence-electron chi connectivity index (χ2n) is 4.49. The summed E-state index contributed by atoms with van der Waals surface area (Å²) in [6.07, 6.45) is 3.23. The van der Waals surface area contributed by atoms with Crippen molar-refractivity contribution in [3.8, 4) is 5.75 Å². The lowest BCUT2D eigenvalue weighted by Gasteiger charge is -2.14. The smallest absolute Gasteiger partial charge is 0.261 e. The van der Waals surface area contributed by atoms with Crippen molar-refractivity contribution < 1.29 is 14.3 Å². The van der Waals surface area contributed by atoms with Crippen molar-refractivity contribution in [1.82, 2.24) is 9.88 Å². The zero-order valence-electron chi connectivity index (χ0n) is 11.0. The Morgan fingerprint density at radius 3 is 2.38 bits per heavy atom. The zero-order valence-corrected chi connectivity index (χ0v) is 12.5. The predicted molar refractivity (Wildman–Crippen MR) is 79.2 cm³/mol. The average molecular weight is 347 g/mol. The number of fused-ring (bicyclic) bond motifs is 1. The van der Waals surface area contributed by atoms with Gasteiger partial charge in [-0.2, -0.15) is 0 Å². The van der Waals surface area contributed by atoms with Crippen LogP contribution < -0.4 is 4.74 Å². The number of hydrogen-bond donors (Lipinski definition) is 0. The van der Waals surface area contributed by atoms with Gasteiger partial charge in [0.15, 0.2) is 0 Å². The molecule has 1 aromatic carbocycles. The lowest BCUT2D eigenvalue weighted by atomic mass is 10.1. The van der Waals surface area contributed by atoms with E-state index >= 15 is 0 Å². The molecular weight excluding hydrogens is 336 g/mol. The van der Waals surface area contributed by atoms with Crippen LogP contribution in [0.25, 0.3) is 0 Å². The summed E-state index contributed by atoms with van der Waals surface area (Å²) in [6.45, 7) is 0.433. The van der Waals surface area contributed by atoms with Crippen LogP contribution in [0.15, 0.2) is 47.2 Å². The number of rotatable bonds is 4. The first-order valence-corrected chi connectivity index (χ1v) is 7.14. The van der Waals surface area contributed by atoms with Gasteiger partial charge in [-0.15, -0.1) is 0 Å². The molecule has 5 nitrogen and oxygen atoms in total. The molecule has 1 aromatic heterocycles. The number of carbonyl (C=O) groups is 2. The van der Waals surface area contributed by atoms with Gasteiger partial charge in [0.05, 0.1) is 23.9 Å². The maximum atomic E-state index is 12.1. The molecule has 6 heteroatoms. The van der Waals surface area contributed by atoms with E-state index in [1.807, 2.05) is 0 Å². The van der Waals surface area contributed by atoms with Crippen molar-refractivity contribution in [2.45, 2.75) is 0 Å². The Labute approximate surface area is 129 Å². The van der Waals surface area contributed by atoms with Crippen LogP contribution in [0.1, 0.15) is 20.7 Å². The third-order valence-electron chi connectivity index (χ3n) is 3.14. The summed E-state index contributed by atoms with van der Waals surface area (Å²) in [7, 11) is 0. The SMILES string of the molecule is O=C1c2ccccc2C(=O)N1CCOc1cncc(Br)c1. The van der Waals surface area contributed by atoms with Crippen molar-refractivity contribution in [1.29, 1.82) is 0 Å². The molecule has 0 saturated carbocycles. The second-order valence-corrected chi connectivity index (χ2v) is 5.41. The van der Waals surface area contributed by atoms with E-state index in [2.05, 4.69) is 20.9 Å². The Kier molecular flexibility index (Phi) is 3.70. The van der Waals surface area contributed by atoms with Gasteiger partial charge in [0.25, 0.3) is 11.8 Å². The monoisotopic (exact) mass is 346 g/mol. The highest BCUT2D eigenvalue weighted by atomic mass is 79.9. The van der Waals surface area contributed by atoms with Crippen LogP contribution in [-0.4, -0.2) is 34.8 Å². The van der Waals surface area contributed by atoms with Crippen molar-refractivity contribution in [2.75, 3.05) is 13.2 Å². The standard InChI is InChI=1S/C15H11BrN2O3/c16-10-7-11(9-17-8-10)21-6-5-18-14(19)12-3-1-2-4-13(12)15(18)20/h1-4,7-9H,5-6H2. The van der Waals surface area contributed by atoms with Crippen LogP contribution in [0.3, 0.4) is 0 Å². The Morgan fingerprint density at radius 2 is 1.76 bits per heavy atom. The van der Waals surface area contributed by atoms with Gasteiger partial charge in [-0.05, 0) is 34.1 Å². The molecule has 106 valence electrons. The fourth-order valence-electron chi connectivity index (χ4n) is 2.17. The number of nitrogens with zero attached hydrogens (tertiary/aromatic N) is 2. The van der Waals surface area contributed by atoms with E-state index in [1.54, 1.807) is 42.7 Å². The van der Waals surface area contributed by atoms with Crippen LogP contribution in [0, 0.1) is 0 Å². The van der Waals surface area contributed by atoms with E-state index in [-0.39, 0.29) is 25.0 Å². The quantitative estimate of drug-likeness (QED) is 0.798. The minimum atomic E-state index is -0.272. The largest absolute Gasteiger partial charge is 0.490 e. The Balaban J connectivity index is 1.65. The molecule has 0 spiro atoms. The van der Waals surface area contributed by atoms with Gasteiger partial charge in [0, 0.05) is 10.7 Å². The van der Waals surface area contributed by atoms with Crippen LogP contribution in [-0.2, 0) is 0 Å². The summed E-state index contributed by atoms with van der Waals surface area (Å²) in [5, 5.41) is 0. The molecule has 1 aliphatic rings. The first-order chi connectivity index (χ1) is 10.2. The minimum absolute atomic E-state index is 0.207. The number of halogens is 1. The van der Waals surface area contributed by atoms with Crippen molar-refractivity contribution in [3.05, 3.63) is 58.3 Å². The van der Waals surface area contributed by atoms with Gasteiger partial charge in [-0.3, -0.25) is 19.5 Å². The molecule has 0 radical (unpaired) electrons. The van der Waals surface area contributed by atoms with Crippen molar-refractivity contribution in [2.24, 2.45) is 0 Å². The Bertz CT molecular complexity index is 683. The Morgan fingerprint density at radius 1 is 1.10 bits per heavy atom. The van der Waals surface area contributed by atoms with E-state index < -0.39 is 0 Å². The van der Waals surface area contributed by atoms with E-state index in [1.165, 1.54) is 4.90 Å². The van der Waals surface area contributed by atoms with Crippen LogP contribution >= 0.6 is 15.9 Å². The van der Waals surface area contributed by atoms with Crippen LogP contribution in [0.5, 0.6) is 5.75 Å². The normalized spacial score (nSPS) is 13.5. The molecule has 2 heterocycles. The van der Waals surface area contributed by atoms with Gasteiger partial charge < -0.3 is 4.74 Å². The third kappa shape index (κ3) is 2.67. The molecule has 2 aromatic rings. The molecule has 0 unspecified atom stereocenters. The Hall–Kier alpha value is -2.21. The number of benzene rings is 1. The highest BCUT2D eigenvalue weighted by Crippen LogP contribution is 2.22. The number of hydrogen-bond acceptors (Lipinski definition) is 4. The van der Waals surface area contributed by atoms with Crippen molar-refractivity contribution >= 4 is 27.7 Å². The lowest BCUT2D eigenvalue weighted by molar-refractivity contribution is 0.0631. The second kappa shape index (κ2) is 5.65. The highest BCUT2D eigenvalue weighted by molar-refractivity contribution is 9.10. The number of aromatic nitrogens is 1. The molecule has 1 aliphatic heterocycles. The summed E-state index contributed by atoms with van der Waals surface area (Å²) < 4.78 is 6.31. The molecular formula is C15H11BrN2O3. The minimum Gasteiger partial charge on any atom is -0.490 e. The van der Waals surface area contributed by atoms with E-state index in [0.29, 0.717) is 16.9 Å². The summed E-state index contributed by atoms with van der Waals surface area (Å²) in [5.74, 6) is 0.0409. The maximum Gasteiger partial charge on any atom is 0.261 e. The van der Waals surface area contributed by atoms with Gasteiger partial charge in [-0.25, -0.2) is 0 Å². The van der Waals surface area contributed by atoms with Crippen LogP contribution in [0.2, 0.25) is 0 Å². The number of ether oxygens (including phenoxy) is 1. The van der Waals surface area contributed by atoms with E-state index in [9.17, 15) is 9.59 Å². The topological polar surface area (TPSA) is 59.5 Å². The first-order valence-electron chi connectivity index (χ1n) is 6.35. The fourth-order valence-corrected chi connectivity index (χ4v) is 2.51. The van der Waals surface area contributed by atoms with E-state index in [0.717, 1.165) is 4.47 Å². The molecule has 0 aliphatic carbocycles. The predicted octanol–water partition coefficient (Wildman–Crippen LogP) is 2.52. The molecule has 21 heavy (non-hydrogen) atoms. The number of pyridine rings is 1. The average Bonchev–Trinajstić information content (AvgIpc) is 2.73. The van der Waals surface area contributed by atoms with E-state index in [4.69, 9.17) is 4.74 Å². The molecule has 0 atom stereocenters.